The summed E-state index contributed by atoms with van der Waals surface area (Å²) in [5, 5.41) is 0. The molecule has 0 atom stereocenters. The molecule has 0 bridgehead atoms. The van der Waals surface area contributed by atoms with Gasteiger partial charge in [-0.3, -0.25) is 0 Å². The molecule has 2 nitrogen and oxygen atoms in total. The molecule has 0 spiro atoms. The third-order valence-corrected chi connectivity index (χ3v) is 2.67. The molecule has 0 amide bonds. The van der Waals surface area contributed by atoms with Crippen LogP contribution in [0.1, 0.15) is 5.56 Å². The highest BCUT2D eigenvalue weighted by atomic mass is 127. The summed E-state index contributed by atoms with van der Waals surface area (Å²) in [6.07, 6.45) is 0. The highest BCUT2D eigenvalue weighted by Gasteiger charge is 2.01. The minimum Gasteiger partial charge on any atom is -0.495 e. The standard InChI is InChI=1S/C8H10INO/c1-5-3-7(10)8(11-2)4-6(5)9/h3-4H,10H2,1-2H3. The van der Waals surface area contributed by atoms with Crippen LogP contribution in [-0.4, -0.2) is 7.11 Å². The quantitative estimate of drug-likeness (QED) is 0.622. The second-order valence-corrected chi connectivity index (χ2v) is 3.51. The molecular formula is C8H10INO. The van der Waals surface area contributed by atoms with Gasteiger partial charge in [-0.15, -0.1) is 0 Å². The largest absolute Gasteiger partial charge is 0.495 e. The molecule has 1 aromatic rings. The first kappa shape index (κ1) is 8.64. The zero-order chi connectivity index (χ0) is 8.43. The molecule has 0 saturated heterocycles. The highest BCUT2D eigenvalue weighted by molar-refractivity contribution is 14.1. The molecule has 11 heavy (non-hydrogen) atoms. The van der Waals surface area contributed by atoms with E-state index in [2.05, 4.69) is 22.6 Å². The molecule has 1 rings (SSSR count). The fourth-order valence-corrected chi connectivity index (χ4v) is 1.30. The van der Waals surface area contributed by atoms with E-state index in [-0.39, 0.29) is 0 Å². The van der Waals surface area contributed by atoms with Crippen LogP contribution in [0.5, 0.6) is 5.75 Å². The van der Waals surface area contributed by atoms with Gasteiger partial charge in [-0.25, -0.2) is 0 Å². The number of benzene rings is 1. The van der Waals surface area contributed by atoms with Crippen molar-refractivity contribution < 1.29 is 4.74 Å². The Morgan fingerprint density at radius 3 is 2.64 bits per heavy atom. The maximum absolute atomic E-state index is 5.67. The Morgan fingerprint density at radius 1 is 1.45 bits per heavy atom. The molecule has 0 radical (unpaired) electrons. The number of anilines is 1. The molecule has 2 N–H and O–H groups in total. The lowest BCUT2D eigenvalue weighted by molar-refractivity contribution is 0.416. The van der Waals surface area contributed by atoms with Crippen LogP contribution in [0.25, 0.3) is 0 Å². The van der Waals surface area contributed by atoms with Crippen molar-refractivity contribution in [2.75, 3.05) is 12.8 Å². The molecule has 0 aliphatic rings. The summed E-state index contributed by atoms with van der Waals surface area (Å²) in [7, 11) is 1.62. The van der Waals surface area contributed by atoms with Crippen LogP contribution in [0.3, 0.4) is 0 Å². The minimum atomic E-state index is 0.699. The van der Waals surface area contributed by atoms with Crippen molar-refractivity contribution in [3.63, 3.8) is 0 Å². The molecule has 1 aromatic carbocycles. The monoisotopic (exact) mass is 263 g/mol. The molecule has 0 aromatic heterocycles. The number of hydrogen-bond donors (Lipinski definition) is 1. The van der Waals surface area contributed by atoms with Crippen molar-refractivity contribution in [1.29, 1.82) is 0 Å². The first-order valence-electron chi connectivity index (χ1n) is 3.24. The lowest BCUT2D eigenvalue weighted by Gasteiger charge is -2.06. The average Bonchev–Trinajstić information content (AvgIpc) is 1.97. The third kappa shape index (κ3) is 1.77. The number of halogens is 1. The first-order valence-corrected chi connectivity index (χ1v) is 4.32. The topological polar surface area (TPSA) is 35.2 Å². The highest BCUT2D eigenvalue weighted by Crippen LogP contribution is 2.25. The SMILES string of the molecule is COc1cc(I)c(C)cc1N. The van der Waals surface area contributed by atoms with Crippen LogP contribution in [0, 0.1) is 10.5 Å². The van der Waals surface area contributed by atoms with E-state index in [0.29, 0.717) is 5.69 Å². The van der Waals surface area contributed by atoms with Gasteiger partial charge < -0.3 is 10.5 Å². The van der Waals surface area contributed by atoms with Crippen LogP contribution in [0.4, 0.5) is 5.69 Å². The van der Waals surface area contributed by atoms with Crippen LogP contribution in [0.15, 0.2) is 12.1 Å². The van der Waals surface area contributed by atoms with E-state index in [1.165, 1.54) is 9.13 Å². The van der Waals surface area contributed by atoms with Crippen LogP contribution in [0.2, 0.25) is 0 Å². The molecule has 0 aliphatic carbocycles. The number of nitrogens with two attached hydrogens (primary N) is 1. The zero-order valence-corrected chi connectivity index (χ0v) is 8.68. The summed E-state index contributed by atoms with van der Waals surface area (Å²) < 4.78 is 6.23. The Morgan fingerprint density at radius 2 is 2.09 bits per heavy atom. The number of hydrogen-bond acceptors (Lipinski definition) is 2. The number of nitrogen functional groups attached to an aromatic ring is 1. The maximum atomic E-state index is 5.67. The van der Waals surface area contributed by atoms with Gasteiger partial charge in [-0.1, -0.05) is 0 Å². The van der Waals surface area contributed by atoms with E-state index in [0.717, 1.165) is 5.75 Å². The molecule has 3 heteroatoms. The fourth-order valence-electron chi connectivity index (χ4n) is 0.862. The second kappa shape index (κ2) is 3.30. The summed E-state index contributed by atoms with van der Waals surface area (Å²) in [6, 6.07) is 3.85. The molecule has 60 valence electrons. The van der Waals surface area contributed by atoms with Crippen LogP contribution >= 0.6 is 22.6 Å². The van der Waals surface area contributed by atoms with E-state index in [4.69, 9.17) is 10.5 Å². The summed E-state index contributed by atoms with van der Waals surface area (Å²) in [5.74, 6) is 0.750. The Hall–Kier alpha value is -0.450. The van der Waals surface area contributed by atoms with Crippen molar-refractivity contribution in [2.45, 2.75) is 6.92 Å². The van der Waals surface area contributed by atoms with Gasteiger partial charge in [0.15, 0.2) is 0 Å². The van der Waals surface area contributed by atoms with Crippen molar-refractivity contribution in [2.24, 2.45) is 0 Å². The van der Waals surface area contributed by atoms with E-state index >= 15 is 0 Å². The van der Waals surface area contributed by atoms with Crippen molar-refractivity contribution >= 4 is 28.3 Å². The normalized spacial score (nSPS) is 9.73. The van der Waals surface area contributed by atoms with Gasteiger partial charge in [0.05, 0.1) is 12.8 Å². The van der Waals surface area contributed by atoms with Gasteiger partial charge >= 0.3 is 0 Å². The Bertz CT molecular complexity index is 273. The minimum absolute atomic E-state index is 0.699. The van der Waals surface area contributed by atoms with Crippen LogP contribution < -0.4 is 10.5 Å². The number of aryl methyl sites for hydroxylation is 1. The Balaban J connectivity index is 3.21. The van der Waals surface area contributed by atoms with Crippen molar-refractivity contribution in [3.8, 4) is 5.75 Å². The van der Waals surface area contributed by atoms with Crippen molar-refractivity contribution in [1.82, 2.24) is 0 Å². The lowest BCUT2D eigenvalue weighted by Crippen LogP contribution is -1.94. The molecule has 0 saturated carbocycles. The summed E-state index contributed by atoms with van der Waals surface area (Å²) in [6.45, 7) is 2.03. The smallest absolute Gasteiger partial charge is 0.142 e. The fraction of sp³-hybridized carbons (Fsp3) is 0.250. The van der Waals surface area contributed by atoms with E-state index in [9.17, 15) is 0 Å². The lowest BCUT2D eigenvalue weighted by atomic mass is 10.2. The van der Waals surface area contributed by atoms with Gasteiger partial charge in [-0.2, -0.15) is 0 Å². The molecule has 0 unspecified atom stereocenters. The van der Waals surface area contributed by atoms with Gasteiger partial charge in [-0.05, 0) is 47.2 Å². The van der Waals surface area contributed by atoms with Gasteiger partial charge in [0.2, 0.25) is 0 Å². The maximum Gasteiger partial charge on any atom is 0.142 e. The van der Waals surface area contributed by atoms with E-state index < -0.39 is 0 Å². The van der Waals surface area contributed by atoms with Gasteiger partial charge in [0.25, 0.3) is 0 Å². The van der Waals surface area contributed by atoms with E-state index in [1.54, 1.807) is 7.11 Å². The number of rotatable bonds is 1. The molecule has 0 fully saturated rings. The summed E-state index contributed by atoms with van der Waals surface area (Å²) in [4.78, 5) is 0. The predicted octanol–water partition coefficient (Wildman–Crippen LogP) is 2.19. The first-order chi connectivity index (χ1) is 5.15. The van der Waals surface area contributed by atoms with Crippen molar-refractivity contribution in [3.05, 3.63) is 21.3 Å². The van der Waals surface area contributed by atoms with E-state index in [1.807, 2.05) is 19.1 Å². The number of ether oxygens (including phenoxy) is 1. The van der Waals surface area contributed by atoms with Gasteiger partial charge in [0, 0.05) is 3.57 Å². The second-order valence-electron chi connectivity index (χ2n) is 2.34. The summed E-state index contributed by atoms with van der Waals surface area (Å²) in [5.41, 5.74) is 7.56. The number of methoxy groups -OCH3 is 1. The summed E-state index contributed by atoms with van der Waals surface area (Å²) >= 11 is 2.25. The third-order valence-electron chi connectivity index (χ3n) is 1.51. The van der Waals surface area contributed by atoms with Crippen LogP contribution in [-0.2, 0) is 0 Å². The average molecular weight is 263 g/mol. The molecule has 0 heterocycles. The Labute approximate surface area is 79.9 Å². The predicted molar refractivity (Wildman–Crippen MR) is 54.9 cm³/mol. The Kier molecular flexibility index (Phi) is 2.59. The molecule has 0 aliphatic heterocycles. The zero-order valence-electron chi connectivity index (χ0n) is 6.52. The van der Waals surface area contributed by atoms with Gasteiger partial charge in [0.1, 0.15) is 5.75 Å². The molecular weight excluding hydrogens is 253 g/mol.